The zero-order chi connectivity index (χ0) is 32.6. The van der Waals surface area contributed by atoms with Crippen LogP contribution in [0.25, 0.3) is 11.1 Å². The number of nitrogens with zero attached hydrogens (tertiary/aromatic N) is 1. The van der Waals surface area contributed by atoms with E-state index in [0.29, 0.717) is 34.0 Å². The van der Waals surface area contributed by atoms with Gasteiger partial charge in [0.2, 0.25) is 5.91 Å². The van der Waals surface area contributed by atoms with Gasteiger partial charge in [0, 0.05) is 53.8 Å². The van der Waals surface area contributed by atoms with Gasteiger partial charge in [-0.05, 0) is 72.5 Å². The van der Waals surface area contributed by atoms with Crippen molar-refractivity contribution in [3.8, 4) is 22.6 Å². The van der Waals surface area contributed by atoms with Crippen molar-refractivity contribution < 1.29 is 18.7 Å². The Morgan fingerprint density at radius 2 is 1.60 bits per heavy atom. The van der Waals surface area contributed by atoms with Crippen molar-refractivity contribution in [1.29, 1.82) is 0 Å². The third-order valence-electron chi connectivity index (χ3n) is 8.23. The molecule has 0 aromatic heterocycles. The number of carbonyl (C=O) groups excluding carboxylic acids is 2. The largest absolute Gasteiger partial charge is 0.455 e. The number of anilines is 1. The fourth-order valence-electron chi connectivity index (χ4n) is 5.75. The second-order valence-electron chi connectivity index (χ2n) is 11.4. The fourth-order valence-corrected chi connectivity index (χ4v) is 5.91. The lowest BCUT2D eigenvalue weighted by atomic mass is 10.00. The third-order valence-corrected chi connectivity index (χ3v) is 8.47. The summed E-state index contributed by atoms with van der Waals surface area (Å²) in [6.07, 6.45) is 1.33. The van der Waals surface area contributed by atoms with Crippen LogP contribution in [0.4, 0.5) is 10.1 Å². The molecule has 2 amide bonds. The monoisotopic (exact) mass is 683 g/mol. The third kappa shape index (κ3) is 8.42. The number of fused-ring (bicyclic) bond motifs is 1. The molecule has 0 unspecified atom stereocenters. The molecule has 1 aliphatic heterocycles. The lowest BCUT2D eigenvalue weighted by Gasteiger charge is -2.27. The second kappa shape index (κ2) is 16.4. The van der Waals surface area contributed by atoms with Gasteiger partial charge in [-0.1, -0.05) is 84.4 Å². The minimum atomic E-state index is -0.367. The fraction of sp³-hybridized carbons (Fsp3) is 0.179. The number of amides is 2. The highest BCUT2D eigenvalue weighted by Gasteiger charge is 2.24. The van der Waals surface area contributed by atoms with Crippen molar-refractivity contribution in [1.82, 2.24) is 10.6 Å². The van der Waals surface area contributed by atoms with Crippen LogP contribution < -0.4 is 20.3 Å². The Bertz CT molecular complexity index is 1870. The Morgan fingerprint density at radius 3 is 2.40 bits per heavy atom. The van der Waals surface area contributed by atoms with E-state index in [1.54, 1.807) is 41.3 Å². The van der Waals surface area contributed by atoms with Crippen LogP contribution >= 0.6 is 24.0 Å². The van der Waals surface area contributed by atoms with Gasteiger partial charge in [0.05, 0.1) is 5.69 Å². The van der Waals surface area contributed by atoms with Crippen LogP contribution in [0.2, 0.25) is 5.02 Å². The maximum absolute atomic E-state index is 14.2. The average molecular weight is 685 g/mol. The van der Waals surface area contributed by atoms with Crippen LogP contribution in [0.1, 0.15) is 39.9 Å². The first kappa shape index (κ1) is 34.6. The minimum Gasteiger partial charge on any atom is -0.455 e. The number of nitrogens with one attached hydrogen (secondary N) is 2. The smallest absolute Gasteiger partial charge is 0.258 e. The van der Waals surface area contributed by atoms with Gasteiger partial charge < -0.3 is 20.3 Å². The summed E-state index contributed by atoms with van der Waals surface area (Å²) < 4.78 is 20.6. The van der Waals surface area contributed by atoms with E-state index in [-0.39, 0.29) is 49.5 Å². The molecule has 6 rings (SSSR count). The highest BCUT2D eigenvalue weighted by atomic mass is 35.5. The van der Waals surface area contributed by atoms with E-state index in [9.17, 15) is 14.0 Å². The maximum Gasteiger partial charge on any atom is 0.258 e. The predicted octanol–water partition coefficient (Wildman–Crippen LogP) is 8.75. The molecule has 0 saturated carbocycles. The molecule has 0 fully saturated rings. The Balaban J connectivity index is 0.00000451. The van der Waals surface area contributed by atoms with E-state index in [1.807, 2.05) is 66.7 Å². The van der Waals surface area contributed by atoms with Crippen LogP contribution in [0, 0.1) is 5.82 Å². The molecule has 0 atom stereocenters. The van der Waals surface area contributed by atoms with Gasteiger partial charge in [0.1, 0.15) is 11.6 Å². The predicted molar refractivity (Wildman–Crippen MR) is 192 cm³/mol. The highest BCUT2D eigenvalue weighted by molar-refractivity contribution is 6.30. The number of hydrogen-bond acceptors (Lipinski definition) is 4. The minimum absolute atomic E-state index is 0. The number of carbonyl (C=O) groups is 2. The standard InChI is InChI=1S/C39H35ClFN3O3.ClH/c40-32-19-20-35(37(24-32)47-36-13-6-11-30-25-42-22-21-33(30)36)44(23-7-14-38(45)43-26-31-10-4-5-12-34(31)41)39(46)29-17-15-28(16-18-29)27-8-2-1-3-9-27;/h1-6,8-13,15-20,24,42H,7,14,21-23,25-26H2,(H,43,45);1H. The first-order chi connectivity index (χ1) is 23.0. The summed E-state index contributed by atoms with van der Waals surface area (Å²) in [6.45, 7) is 1.94. The Labute approximate surface area is 291 Å². The topological polar surface area (TPSA) is 70.7 Å². The van der Waals surface area contributed by atoms with Crippen molar-refractivity contribution in [3.63, 3.8) is 0 Å². The Morgan fingerprint density at radius 1 is 0.854 bits per heavy atom. The maximum atomic E-state index is 14.2. The molecular weight excluding hydrogens is 648 g/mol. The Hall–Kier alpha value is -4.69. The molecule has 246 valence electrons. The number of benzene rings is 5. The van der Waals surface area contributed by atoms with Crippen LogP contribution in [0.5, 0.6) is 11.5 Å². The molecular formula is C39H36Cl2FN3O3. The van der Waals surface area contributed by atoms with E-state index >= 15 is 0 Å². The molecule has 0 spiro atoms. The summed E-state index contributed by atoms with van der Waals surface area (Å²) >= 11 is 6.47. The summed E-state index contributed by atoms with van der Waals surface area (Å²) in [5.41, 5.74) is 5.81. The molecule has 1 aliphatic rings. The van der Waals surface area contributed by atoms with Crippen LogP contribution in [0.3, 0.4) is 0 Å². The zero-order valence-corrected chi connectivity index (χ0v) is 27.8. The van der Waals surface area contributed by atoms with E-state index in [1.165, 1.54) is 11.6 Å². The van der Waals surface area contributed by atoms with Crippen LogP contribution in [-0.4, -0.2) is 24.9 Å². The zero-order valence-electron chi connectivity index (χ0n) is 26.3. The lowest BCUT2D eigenvalue weighted by molar-refractivity contribution is -0.121. The number of halogens is 3. The molecule has 5 aromatic rings. The van der Waals surface area contributed by atoms with Gasteiger partial charge in [0.15, 0.2) is 5.75 Å². The molecule has 0 aliphatic carbocycles. The Kier molecular flexibility index (Phi) is 11.9. The quantitative estimate of drug-likeness (QED) is 0.146. The van der Waals surface area contributed by atoms with Gasteiger partial charge >= 0.3 is 0 Å². The van der Waals surface area contributed by atoms with Gasteiger partial charge in [-0.15, -0.1) is 12.4 Å². The first-order valence-electron chi connectivity index (χ1n) is 15.7. The van der Waals surface area contributed by atoms with Crippen molar-refractivity contribution in [2.24, 2.45) is 0 Å². The molecule has 2 N–H and O–H groups in total. The van der Waals surface area contributed by atoms with Crippen molar-refractivity contribution in [2.75, 3.05) is 18.0 Å². The van der Waals surface area contributed by atoms with Crippen LogP contribution in [0.15, 0.2) is 115 Å². The molecule has 1 heterocycles. The summed E-state index contributed by atoms with van der Waals surface area (Å²) in [5.74, 6) is 0.337. The first-order valence-corrected chi connectivity index (χ1v) is 16.1. The van der Waals surface area contributed by atoms with E-state index in [2.05, 4.69) is 16.7 Å². The number of rotatable bonds is 11. The molecule has 0 radical (unpaired) electrons. The van der Waals surface area contributed by atoms with Gasteiger partial charge in [-0.3, -0.25) is 9.59 Å². The van der Waals surface area contributed by atoms with Gasteiger partial charge in [-0.25, -0.2) is 4.39 Å². The van der Waals surface area contributed by atoms with Crippen molar-refractivity contribution >= 4 is 41.5 Å². The molecule has 0 saturated heterocycles. The highest BCUT2D eigenvalue weighted by Crippen LogP contribution is 2.38. The molecule has 5 aromatic carbocycles. The second-order valence-corrected chi connectivity index (χ2v) is 11.8. The molecule has 9 heteroatoms. The summed E-state index contributed by atoms with van der Waals surface area (Å²) in [6, 6.07) is 35.0. The van der Waals surface area contributed by atoms with E-state index < -0.39 is 0 Å². The lowest BCUT2D eigenvalue weighted by Crippen LogP contribution is -2.33. The number of hydrogen-bond donors (Lipinski definition) is 2. The average Bonchev–Trinajstić information content (AvgIpc) is 3.10. The molecule has 48 heavy (non-hydrogen) atoms. The summed E-state index contributed by atoms with van der Waals surface area (Å²) in [7, 11) is 0. The summed E-state index contributed by atoms with van der Waals surface area (Å²) in [4.78, 5) is 28.6. The van der Waals surface area contributed by atoms with Crippen LogP contribution in [-0.2, 0) is 24.3 Å². The van der Waals surface area contributed by atoms with Gasteiger partial charge in [-0.2, -0.15) is 0 Å². The summed E-state index contributed by atoms with van der Waals surface area (Å²) in [5, 5.41) is 6.65. The molecule has 0 bridgehead atoms. The normalized spacial score (nSPS) is 12.0. The van der Waals surface area contributed by atoms with E-state index in [0.717, 1.165) is 42.0 Å². The number of ether oxygens (including phenoxy) is 1. The van der Waals surface area contributed by atoms with Crippen molar-refractivity contribution in [3.05, 3.63) is 148 Å². The van der Waals surface area contributed by atoms with E-state index in [4.69, 9.17) is 16.3 Å². The van der Waals surface area contributed by atoms with Gasteiger partial charge in [0.25, 0.3) is 5.91 Å². The SMILES string of the molecule is Cl.O=C(CCCN(C(=O)c1ccc(-c2ccccc2)cc1)c1ccc(Cl)cc1Oc1cccc2c1CCNC2)NCc1ccccc1F. The molecule has 6 nitrogen and oxygen atoms in total. The van der Waals surface area contributed by atoms with Crippen molar-refractivity contribution in [2.45, 2.75) is 32.4 Å².